The molecule has 0 aliphatic rings. The zero-order chi connectivity index (χ0) is 15.6. The van der Waals surface area contributed by atoms with Gasteiger partial charge in [-0.2, -0.15) is 0 Å². The molecule has 1 atom stereocenters. The second kappa shape index (κ2) is 5.97. The summed E-state index contributed by atoms with van der Waals surface area (Å²) in [5.41, 5.74) is 0.853. The van der Waals surface area contributed by atoms with Crippen LogP contribution in [-0.4, -0.2) is 21.1 Å². The van der Waals surface area contributed by atoms with Crippen molar-refractivity contribution in [2.45, 2.75) is 39.2 Å². The zero-order valence-electron chi connectivity index (χ0n) is 12.6. The molecule has 1 unspecified atom stereocenters. The summed E-state index contributed by atoms with van der Waals surface area (Å²) in [5, 5.41) is 9.71. The summed E-state index contributed by atoms with van der Waals surface area (Å²) >= 11 is 3.42. The summed E-state index contributed by atoms with van der Waals surface area (Å²) in [7, 11) is 0. The van der Waals surface area contributed by atoms with Gasteiger partial charge in [-0.15, -0.1) is 5.10 Å². The smallest absolute Gasteiger partial charge is 0.291 e. The van der Waals surface area contributed by atoms with Crippen molar-refractivity contribution >= 4 is 21.8 Å². The molecule has 2 aromatic rings. The van der Waals surface area contributed by atoms with Crippen LogP contribution in [0.4, 0.5) is 0 Å². The van der Waals surface area contributed by atoms with Crippen molar-refractivity contribution in [3.63, 3.8) is 0 Å². The summed E-state index contributed by atoms with van der Waals surface area (Å²) < 4.78 is 0.981. The molecule has 0 spiro atoms. The summed E-state index contributed by atoms with van der Waals surface area (Å²) in [5.74, 6) is 0.582. The Hall–Kier alpha value is -1.69. The molecule has 1 aromatic carbocycles. The predicted octanol–water partition coefficient (Wildman–Crippen LogP) is 3.36. The first-order valence-corrected chi connectivity index (χ1v) is 7.56. The third-order valence-electron chi connectivity index (χ3n) is 3.10. The van der Waals surface area contributed by atoms with Gasteiger partial charge in [-0.25, -0.2) is 4.98 Å². The van der Waals surface area contributed by atoms with Crippen LogP contribution in [0, 0.1) is 0 Å². The molecule has 6 heteroatoms. The highest BCUT2D eigenvalue weighted by atomic mass is 79.9. The van der Waals surface area contributed by atoms with E-state index >= 15 is 0 Å². The standard InChI is InChI=1S/C15H19BrN4O/c1-9(10-6-5-7-11(16)8-10)17-13(21)12-18-14(20-19-12)15(2,3)4/h5-9H,1-4H3,(H,17,21)(H,18,19,20). The van der Waals surface area contributed by atoms with Gasteiger partial charge in [-0.3, -0.25) is 9.89 Å². The number of halogens is 1. The highest BCUT2D eigenvalue weighted by Gasteiger charge is 2.22. The minimum atomic E-state index is -0.283. The number of rotatable bonds is 3. The fraction of sp³-hybridized carbons (Fsp3) is 0.400. The Balaban J connectivity index is 2.09. The monoisotopic (exact) mass is 350 g/mol. The van der Waals surface area contributed by atoms with Crippen molar-refractivity contribution in [1.29, 1.82) is 0 Å². The number of H-pyrrole nitrogens is 1. The van der Waals surface area contributed by atoms with E-state index in [1.54, 1.807) is 0 Å². The molecule has 112 valence electrons. The average Bonchev–Trinajstić information content (AvgIpc) is 2.88. The van der Waals surface area contributed by atoms with Crippen molar-refractivity contribution in [3.8, 4) is 0 Å². The highest BCUT2D eigenvalue weighted by Crippen LogP contribution is 2.19. The average molecular weight is 351 g/mol. The van der Waals surface area contributed by atoms with Crippen LogP contribution < -0.4 is 5.32 Å². The molecule has 1 amide bonds. The largest absolute Gasteiger partial charge is 0.343 e. The second-order valence-electron chi connectivity index (χ2n) is 6.01. The van der Waals surface area contributed by atoms with Gasteiger partial charge in [0.2, 0.25) is 5.82 Å². The van der Waals surface area contributed by atoms with E-state index in [4.69, 9.17) is 0 Å². The maximum absolute atomic E-state index is 12.2. The van der Waals surface area contributed by atoms with Crippen molar-refractivity contribution in [3.05, 3.63) is 46.0 Å². The topological polar surface area (TPSA) is 70.7 Å². The number of nitrogens with one attached hydrogen (secondary N) is 2. The van der Waals surface area contributed by atoms with Gasteiger partial charge in [-0.1, -0.05) is 48.8 Å². The number of amides is 1. The van der Waals surface area contributed by atoms with E-state index in [1.807, 2.05) is 52.0 Å². The summed E-state index contributed by atoms with van der Waals surface area (Å²) in [6.07, 6.45) is 0. The molecule has 0 saturated heterocycles. The third-order valence-corrected chi connectivity index (χ3v) is 3.59. The van der Waals surface area contributed by atoms with Gasteiger partial charge in [0.1, 0.15) is 5.82 Å². The lowest BCUT2D eigenvalue weighted by molar-refractivity contribution is 0.0929. The fourth-order valence-corrected chi connectivity index (χ4v) is 2.24. The highest BCUT2D eigenvalue weighted by molar-refractivity contribution is 9.10. The number of aromatic amines is 1. The van der Waals surface area contributed by atoms with E-state index in [9.17, 15) is 4.79 Å². The van der Waals surface area contributed by atoms with Crippen LogP contribution >= 0.6 is 15.9 Å². The minimum Gasteiger partial charge on any atom is -0.343 e. The minimum absolute atomic E-state index is 0.119. The van der Waals surface area contributed by atoms with E-state index in [1.165, 1.54) is 0 Å². The molecule has 1 aromatic heterocycles. The molecule has 0 aliphatic carbocycles. The van der Waals surface area contributed by atoms with Gasteiger partial charge < -0.3 is 5.32 Å². The van der Waals surface area contributed by atoms with Gasteiger partial charge >= 0.3 is 0 Å². The molecule has 2 rings (SSSR count). The van der Waals surface area contributed by atoms with Gasteiger partial charge in [0.05, 0.1) is 6.04 Å². The lowest BCUT2D eigenvalue weighted by atomic mass is 9.96. The van der Waals surface area contributed by atoms with Crippen LogP contribution in [0.15, 0.2) is 28.7 Å². The first kappa shape index (κ1) is 15.7. The molecule has 5 nitrogen and oxygen atoms in total. The van der Waals surface area contributed by atoms with Crippen LogP contribution in [0.25, 0.3) is 0 Å². The maximum atomic E-state index is 12.2. The van der Waals surface area contributed by atoms with Gasteiger partial charge in [0.25, 0.3) is 5.91 Å². The Labute approximate surface area is 132 Å². The van der Waals surface area contributed by atoms with E-state index in [-0.39, 0.29) is 23.2 Å². The fourth-order valence-electron chi connectivity index (χ4n) is 1.82. The number of aromatic nitrogens is 3. The van der Waals surface area contributed by atoms with Crippen LogP contribution in [0.5, 0.6) is 0 Å². The van der Waals surface area contributed by atoms with E-state index in [0.29, 0.717) is 5.82 Å². The molecular weight excluding hydrogens is 332 g/mol. The number of hydrogen-bond acceptors (Lipinski definition) is 3. The van der Waals surface area contributed by atoms with Crippen LogP contribution in [0.1, 0.15) is 55.7 Å². The van der Waals surface area contributed by atoms with Crippen molar-refractivity contribution < 1.29 is 4.79 Å². The Morgan fingerprint density at radius 2 is 2.10 bits per heavy atom. The number of nitrogens with zero attached hydrogens (tertiary/aromatic N) is 2. The number of carbonyl (C=O) groups excluding carboxylic acids is 1. The summed E-state index contributed by atoms with van der Waals surface area (Å²) in [6, 6.07) is 7.71. The quantitative estimate of drug-likeness (QED) is 0.891. The molecule has 0 aliphatic heterocycles. The SMILES string of the molecule is CC(NC(=O)c1n[nH]c(C(C)(C)C)n1)c1cccc(Br)c1. The molecule has 2 N–H and O–H groups in total. The molecule has 1 heterocycles. The molecular formula is C15H19BrN4O. The second-order valence-corrected chi connectivity index (χ2v) is 6.92. The summed E-state index contributed by atoms with van der Waals surface area (Å²) in [6.45, 7) is 7.97. The van der Waals surface area contributed by atoms with Crippen LogP contribution in [-0.2, 0) is 5.41 Å². The molecule has 0 saturated carbocycles. The number of carbonyl (C=O) groups is 1. The van der Waals surface area contributed by atoms with Crippen molar-refractivity contribution in [2.24, 2.45) is 0 Å². The molecule has 0 bridgehead atoms. The van der Waals surface area contributed by atoms with Gasteiger partial charge in [-0.05, 0) is 24.6 Å². The number of benzene rings is 1. The van der Waals surface area contributed by atoms with Gasteiger partial charge in [0, 0.05) is 9.89 Å². The first-order valence-electron chi connectivity index (χ1n) is 6.76. The number of hydrogen-bond donors (Lipinski definition) is 2. The van der Waals surface area contributed by atoms with E-state index in [0.717, 1.165) is 10.0 Å². The third kappa shape index (κ3) is 3.91. The normalized spacial score (nSPS) is 13.0. The van der Waals surface area contributed by atoms with Crippen LogP contribution in [0.3, 0.4) is 0 Å². The first-order chi connectivity index (χ1) is 9.77. The Kier molecular flexibility index (Phi) is 4.46. The lowest BCUT2D eigenvalue weighted by Crippen LogP contribution is -2.27. The Bertz CT molecular complexity index is 645. The van der Waals surface area contributed by atoms with Crippen molar-refractivity contribution in [1.82, 2.24) is 20.5 Å². The zero-order valence-corrected chi connectivity index (χ0v) is 14.2. The predicted molar refractivity (Wildman–Crippen MR) is 85.1 cm³/mol. The molecule has 21 heavy (non-hydrogen) atoms. The van der Waals surface area contributed by atoms with Crippen molar-refractivity contribution in [2.75, 3.05) is 0 Å². The Morgan fingerprint density at radius 1 is 1.38 bits per heavy atom. The lowest BCUT2D eigenvalue weighted by Gasteiger charge is -2.14. The van der Waals surface area contributed by atoms with Crippen LogP contribution in [0.2, 0.25) is 0 Å². The summed E-state index contributed by atoms with van der Waals surface area (Å²) in [4.78, 5) is 16.4. The molecule has 0 radical (unpaired) electrons. The van der Waals surface area contributed by atoms with Gasteiger partial charge in [0.15, 0.2) is 0 Å². The Morgan fingerprint density at radius 3 is 2.67 bits per heavy atom. The van der Waals surface area contributed by atoms with E-state index < -0.39 is 0 Å². The maximum Gasteiger partial charge on any atom is 0.291 e. The molecule has 0 fully saturated rings. The van der Waals surface area contributed by atoms with E-state index in [2.05, 4.69) is 36.4 Å².